The zero-order valence-electron chi connectivity index (χ0n) is 11.1. The van der Waals surface area contributed by atoms with Gasteiger partial charge in [0.1, 0.15) is 9.84 Å². The first-order chi connectivity index (χ1) is 7.89. The molecule has 18 heavy (non-hydrogen) atoms. The van der Waals surface area contributed by atoms with Crippen molar-refractivity contribution in [1.29, 1.82) is 0 Å². The Kier molecular flexibility index (Phi) is 11.8. The van der Waals surface area contributed by atoms with Gasteiger partial charge in [-0.3, -0.25) is 4.79 Å². The van der Waals surface area contributed by atoms with E-state index in [1.54, 1.807) is 0 Å². The number of amides is 1. The lowest BCUT2D eigenvalue weighted by atomic mass is 10.1. The van der Waals surface area contributed by atoms with Crippen molar-refractivity contribution < 1.29 is 13.2 Å². The van der Waals surface area contributed by atoms with Crippen LogP contribution in [0.4, 0.5) is 0 Å². The van der Waals surface area contributed by atoms with E-state index in [0.717, 1.165) is 19.3 Å². The predicted octanol–water partition coefficient (Wildman–Crippen LogP) is 0.867. The van der Waals surface area contributed by atoms with Gasteiger partial charge < -0.3 is 11.1 Å². The maximum Gasteiger partial charge on any atom is 0.220 e. The Morgan fingerprint density at radius 3 is 2.39 bits per heavy atom. The van der Waals surface area contributed by atoms with E-state index in [4.69, 9.17) is 5.73 Å². The monoisotopic (exact) mass is 300 g/mol. The zero-order valence-corrected chi connectivity index (χ0v) is 12.8. The van der Waals surface area contributed by atoms with Crippen molar-refractivity contribution in [2.24, 2.45) is 5.73 Å². The van der Waals surface area contributed by atoms with Crippen LogP contribution in [-0.2, 0) is 14.6 Å². The number of halogens is 1. The fourth-order valence-corrected chi connectivity index (χ4v) is 2.16. The van der Waals surface area contributed by atoms with Crippen molar-refractivity contribution >= 4 is 28.2 Å². The summed E-state index contributed by atoms with van der Waals surface area (Å²) in [5.41, 5.74) is 5.55. The Morgan fingerprint density at radius 2 is 1.94 bits per heavy atom. The molecule has 1 atom stereocenters. The fourth-order valence-electron chi connectivity index (χ4n) is 1.49. The van der Waals surface area contributed by atoms with Gasteiger partial charge in [-0.05, 0) is 12.8 Å². The van der Waals surface area contributed by atoms with E-state index < -0.39 is 9.84 Å². The van der Waals surface area contributed by atoms with Crippen LogP contribution in [0.25, 0.3) is 0 Å². The largest absolute Gasteiger partial charge is 0.352 e. The van der Waals surface area contributed by atoms with Gasteiger partial charge in [0.05, 0.1) is 5.75 Å². The number of hydrogen-bond donors (Lipinski definition) is 2. The number of sulfone groups is 1. The molecular weight excluding hydrogens is 276 g/mol. The summed E-state index contributed by atoms with van der Waals surface area (Å²) in [6.45, 7) is 2.51. The van der Waals surface area contributed by atoms with Crippen LogP contribution >= 0.6 is 12.4 Å². The van der Waals surface area contributed by atoms with Gasteiger partial charge in [-0.2, -0.15) is 0 Å². The summed E-state index contributed by atoms with van der Waals surface area (Å²) in [5, 5.41) is 2.83. The molecule has 0 fully saturated rings. The fraction of sp³-hybridized carbons (Fsp3) is 0.909. The highest BCUT2D eigenvalue weighted by Crippen LogP contribution is 2.01. The summed E-state index contributed by atoms with van der Waals surface area (Å²) < 4.78 is 21.8. The number of unbranched alkanes of at least 4 members (excludes halogenated alkanes) is 1. The van der Waals surface area contributed by atoms with Crippen LogP contribution in [0.1, 0.15) is 39.0 Å². The Bertz CT molecular complexity index is 320. The number of nitrogens with two attached hydrogens (primary N) is 1. The van der Waals surface area contributed by atoms with E-state index in [2.05, 4.69) is 12.2 Å². The summed E-state index contributed by atoms with van der Waals surface area (Å²) >= 11 is 0. The summed E-state index contributed by atoms with van der Waals surface area (Å²) in [6, 6.07) is 0.0145. The summed E-state index contributed by atoms with van der Waals surface area (Å²) in [7, 11) is -2.97. The molecule has 110 valence electrons. The molecule has 0 saturated heterocycles. The number of carbonyl (C=O) groups is 1. The molecule has 1 amide bonds. The molecule has 0 bridgehead atoms. The second-order valence-corrected chi connectivity index (χ2v) is 6.64. The SMILES string of the molecule is CCCCC(CN)NC(=O)CCCS(C)(=O)=O.Cl. The minimum Gasteiger partial charge on any atom is -0.352 e. The molecule has 0 aliphatic heterocycles. The molecule has 0 saturated carbocycles. The molecule has 1 unspecified atom stereocenters. The second-order valence-electron chi connectivity index (χ2n) is 4.38. The minimum absolute atomic E-state index is 0. The molecule has 0 aromatic carbocycles. The van der Waals surface area contributed by atoms with Crippen molar-refractivity contribution in [3.05, 3.63) is 0 Å². The number of rotatable bonds is 9. The molecular formula is C11H25ClN2O3S. The van der Waals surface area contributed by atoms with E-state index in [0.29, 0.717) is 13.0 Å². The first-order valence-electron chi connectivity index (χ1n) is 6.06. The standard InChI is InChI=1S/C11H24N2O3S.ClH/c1-3-4-6-10(9-12)13-11(14)7-5-8-17(2,15)16;/h10H,3-9,12H2,1-2H3,(H,13,14);1H. The summed E-state index contributed by atoms with van der Waals surface area (Å²) in [4.78, 5) is 11.5. The number of carbonyl (C=O) groups excluding carboxylic acids is 1. The zero-order chi connectivity index (χ0) is 13.3. The van der Waals surface area contributed by atoms with Gasteiger partial charge in [-0.1, -0.05) is 19.8 Å². The van der Waals surface area contributed by atoms with Gasteiger partial charge in [0, 0.05) is 25.3 Å². The Morgan fingerprint density at radius 1 is 1.33 bits per heavy atom. The topological polar surface area (TPSA) is 89.3 Å². The highest BCUT2D eigenvalue weighted by Gasteiger charge is 2.11. The molecule has 7 heteroatoms. The maximum absolute atomic E-state index is 11.5. The number of nitrogens with one attached hydrogen (secondary N) is 1. The lowest BCUT2D eigenvalue weighted by Gasteiger charge is -2.16. The molecule has 0 spiro atoms. The molecule has 0 rings (SSSR count). The summed E-state index contributed by atoms with van der Waals surface area (Å²) in [5.74, 6) is -0.0527. The highest BCUT2D eigenvalue weighted by molar-refractivity contribution is 7.90. The van der Waals surface area contributed by atoms with Crippen molar-refractivity contribution in [2.45, 2.75) is 45.1 Å². The quantitative estimate of drug-likeness (QED) is 0.661. The lowest BCUT2D eigenvalue weighted by Crippen LogP contribution is -2.40. The van der Waals surface area contributed by atoms with Gasteiger partial charge in [0.15, 0.2) is 0 Å². The second kappa shape index (κ2) is 10.6. The first kappa shape index (κ1) is 20.0. The Balaban J connectivity index is 0. The van der Waals surface area contributed by atoms with E-state index >= 15 is 0 Å². The van der Waals surface area contributed by atoms with Crippen LogP contribution < -0.4 is 11.1 Å². The van der Waals surface area contributed by atoms with Crippen LogP contribution in [0.2, 0.25) is 0 Å². The Hall–Kier alpha value is -0.330. The minimum atomic E-state index is -2.97. The van der Waals surface area contributed by atoms with Crippen molar-refractivity contribution in [2.75, 3.05) is 18.6 Å². The summed E-state index contributed by atoms with van der Waals surface area (Å²) in [6.07, 6.45) is 4.77. The molecule has 3 N–H and O–H groups in total. The van der Waals surface area contributed by atoms with Crippen molar-refractivity contribution in [3.8, 4) is 0 Å². The van der Waals surface area contributed by atoms with Gasteiger partial charge in [0.2, 0.25) is 5.91 Å². The third-order valence-corrected chi connectivity index (χ3v) is 3.50. The average molecular weight is 301 g/mol. The average Bonchev–Trinajstić information content (AvgIpc) is 2.22. The van der Waals surface area contributed by atoms with Crippen molar-refractivity contribution in [3.63, 3.8) is 0 Å². The van der Waals surface area contributed by atoms with Gasteiger partial charge in [-0.25, -0.2) is 8.42 Å². The third kappa shape index (κ3) is 12.1. The van der Waals surface area contributed by atoms with Crippen molar-refractivity contribution in [1.82, 2.24) is 5.32 Å². The van der Waals surface area contributed by atoms with Gasteiger partial charge in [-0.15, -0.1) is 12.4 Å². The van der Waals surface area contributed by atoms with E-state index in [1.165, 1.54) is 6.26 Å². The molecule has 0 aromatic heterocycles. The van der Waals surface area contributed by atoms with Crippen LogP contribution in [0.15, 0.2) is 0 Å². The predicted molar refractivity (Wildman–Crippen MR) is 76.7 cm³/mol. The van der Waals surface area contributed by atoms with Gasteiger partial charge >= 0.3 is 0 Å². The third-order valence-electron chi connectivity index (χ3n) is 2.47. The number of hydrogen-bond acceptors (Lipinski definition) is 4. The molecule has 5 nitrogen and oxygen atoms in total. The highest BCUT2D eigenvalue weighted by atomic mass is 35.5. The van der Waals surface area contributed by atoms with Crippen LogP contribution in [0.3, 0.4) is 0 Å². The molecule has 0 radical (unpaired) electrons. The molecule has 0 aliphatic rings. The smallest absolute Gasteiger partial charge is 0.220 e. The van der Waals surface area contributed by atoms with E-state index in [9.17, 15) is 13.2 Å². The maximum atomic E-state index is 11.5. The van der Waals surface area contributed by atoms with Gasteiger partial charge in [0.25, 0.3) is 0 Å². The first-order valence-corrected chi connectivity index (χ1v) is 8.12. The van der Waals surface area contributed by atoms with E-state index in [-0.39, 0.29) is 36.5 Å². The molecule has 0 aromatic rings. The van der Waals surface area contributed by atoms with E-state index in [1.807, 2.05) is 0 Å². The van der Waals surface area contributed by atoms with Crippen LogP contribution in [0.5, 0.6) is 0 Å². The molecule has 0 heterocycles. The molecule has 0 aliphatic carbocycles. The normalized spacial score (nSPS) is 12.6. The Labute approximate surface area is 116 Å². The van der Waals surface area contributed by atoms with Crippen LogP contribution in [-0.4, -0.2) is 38.9 Å². The van der Waals surface area contributed by atoms with Crippen LogP contribution in [0, 0.1) is 0 Å². The lowest BCUT2D eigenvalue weighted by molar-refractivity contribution is -0.121.